The van der Waals surface area contributed by atoms with Gasteiger partial charge in [0.15, 0.2) is 0 Å². The topological polar surface area (TPSA) is 25.8 Å². The van der Waals surface area contributed by atoms with Crippen LogP contribution in [0.4, 0.5) is 0 Å². The van der Waals surface area contributed by atoms with Crippen molar-refractivity contribution in [1.82, 2.24) is 9.97 Å². The van der Waals surface area contributed by atoms with Crippen molar-refractivity contribution in [2.45, 2.75) is 26.2 Å². The summed E-state index contributed by atoms with van der Waals surface area (Å²) in [7, 11) is 0. The second kappa shape index (κ2) is 2.77. The van der Waals surface area contributed by atoms with Gasteiger partial charge < -0.3 is 0 Å². The minimum absolute atomic E-state index is 0.0784. The molecular weight excluding hydrogens is 180 g/mol. The van der Waals surface area contributed by atoms with Crippen LogP contribution in [0.1, 0.15) is 29.2 Å². The van der Waals surface area contributed by atoms with Crippen molar-refractivity contribution in [2.75, 3.05) is 0 Å². The van der Waals surface area contributed by atoms with E-state index in [9.17, 15) is 0 Å². The zero-order chi connectivity index (χ0) is 11.2. The normalized spacial score (nSPS) is 14.4. The standard InChI is InChI=1S/C10H12N2S/c1-10(2,3)9-8-7(4-5-13-8)11-6-12-9/h4-6H,1-3H3/i4D,5D. The van der Waals surface area contributed by atoms with E-state index in [-0.39, 0.29) is 16.8 Å². The molecule has 2 nitrogen and oxygen atoms in total. The van der Waals surface area contributed by atoms with Gasteiger partial charge in [0, 0.05) is 5.41 Å². The van der Waals surface area contributed by atoms with Crippen LogP contribution in [0.15, 0.2) is 17.7 Å². The molecule has 0 aliphatic rings. The van der Waals surface area contributed by atoms with Gasteiger partial charge >= 0.3 is 0 Å². The molecule has 0 N–H and O–H groups in total. The lowest BCUT2D eigenvalue weighted by atomic mass is 9.92. The first-order chi connectivity index (χ1) is 6.91. The highest BCUT2D eigenvalue weighted by Gasteiger charge is 2.19. The van der Waals surface area contributed by atoms with Crippen molar-refractivity contribution >= 4 is 21.6 Å². The summed E-state index contributed by atoms with van der Waals surface area (Å²) in [6, 6.07) is 0.211. The quantitative estimate of drug-likeness (QED) is 0.644. The van der Waals surface area contributed by atoms with Crippen LogP contribution < -0.4 is 0 Å². The molecule has 0 bridgehead atoms. The Balaban J connectivity index is 2.83. The number of nitrogens with zero attached hydrogens (tertiary/aromatic N) is 2. The molecule has 0 aromatic carbocycles. The third-order valence-electron chi connectivity index (χ3n) is 1.84. The minimum Gasteiger partial charge on any atom is -0.239 e. The highest BCUT2D eigenvalue weighted by atomic mass is 32.1. The van der Waals surface area contributed by atoms with Gasteiger partial charge in [0.25, 0.3) is 0 Å². The highest BCUT2D eigenvalue weighted by molar-refractivity contribution is 7.17. The van der Waals surface area contributed by atoms with Crippen LogP contribution in [0.3, 0.4) is 0 Å². The number of fused-ring (bicyclic) bond motifs is 1. The van der Waals surface area contributed by atoms with Crippen LogP contribution in [0, 0.1) is 0 Å². The van der Waals surface area contributed by atoms with Crippen LogP contribution in [-0.4, -0.2) is 9.97 Å². The Morgan fingerprint density at radius 1 is 1.38 bits per heavy atom. The van der Waals surface area contributed by atoms with Crippen molar-refractivity contribution in [1.29, 1.82) is 0 Å². The number of hydrogen-bond acceptors (Lipinski definition) is 3. The summed E-state index contributed by atoms with van der Waals surface area (Å²) in [5, 5.41) is 0.260. The molecule has 0 aliphatic heterocycles. The van der Waals surface area contributed by atoms with E-state index in [1.54, 1.807) is 0 Å². The van der Waals surface area contributed by atoms with E-state index in [1.165, 1.54) is 17.7 Å². The van der Waals surface area contributed by atoms with Crippen LogP contribution in [0.2, 0.25) is 0 Å². The van der Waals surface area contributed by atoms with Gasteiger partial charge in [-0.2, -0.15) is 0 Å². The fraction of sp³-hybridized carbons (Fsp3) is 0.400. The van der Waals surface area contributed by atoms with Gasteiger partial charge in [0.05, 0.1) is 18.7 Å². The molecule has 2 rings (SSSR count). The first-order valence-electron chi connectivity index (χ1n) is 5.12. The third kappa shape index (κ3) is 1.44. The lowest BCUT2D eigenvalue weighted by Crippen LogP contribution is -2.13. The van der Waals surface area contributed by atoms with Crippen molar-refractivity contribution < 1.29 is 2.74 Å². The highest BCUT2D eigenvalue weighted by Crippen LogP contribution is 2.29. The monoisotopic (exact) mass is 194 g/mol. The van der Waals surface area contributed by atoms with Gasteiger partial charge in [-0.15, -0.1) is 11.3 Å². The molecule has 0 amide bonds. The van der Waals surface area contributed by atoms with Crippen LogP contribution >= 0.6 is 11.3 Å². The Hall–Kier alpha value is -0.960. The SMILES string of the molecule is [2H]c1sc2c(C(C)(C)C)ncnc2c1[2H]. The van der Waals surface area contributed by atoms with Crippen LogP contribution in [0.25, 0.3) is 10.2 Å². The summed E-state index contributed by atoms with van der Waals surface area (Å²) in [5.74, 6) is 0. The summed E-state index contributed by atoms with van der Waals surface area (Å²) in [6.45, 7) is 6.21. The zero-order valence-corrected chi connectivity index (χ0v) is 8.70. The summed E-state index contributed by atoms with van der Waals surface area (Å²) in [5.41, 5.74) is 1.44. The molecule has 0 unspecified atom stereocenters. The molecule has 0 atom stereocenters. The summed E-state index contributed by atoms with van der Waals surface area (Å²) >= 11 is 1.29. The molecule has 0 spiro atoms. The van der Waals surface area contributed by atoms with E-state index in [2.05, 4.69) is 30.7 Å². The fourth-order valence-electron chi connectivity index (χ4n) is 1.22. The van der Waals surface area contributed by atoms with E-state index in [0.29, 0.717) is 5.52 Å². The Kier molecular flexibility index (Phi) is 1.38. The van der Waals surface area contributed by atoms with E-state index in [1.807, 2.05) is 0 Å². The molecule has 0 aliphatic carbocycles. The van der Waals surface area contributed by atoms with Crippen molar-refractivity contribution in [2.24, 2.45) is 0 Å². The summed E-state index contributed by atoms with van der Waals surface area (Å²) < 4.78 is 16.2. The number of aromatic nitrogens is 2. The second-order valence-electron chi connectivity index (χ2n) is 3.98. The Morgan fingerprint density at radius 2 is 2.15 bits per heavy atom. The van der Waals surface area contributed by atoms with Gasteiger partial charge in [0.2, 0.25) is 0 Å². The maximum Gasteiger partial charge on any atom is 0.116 e. The average Bonchev–Trinajstić information content (AvgIpc) is 2.41. The molecule has 0 saturated carbocycles. The van der Waals surface area contributed by atoms with Crippen LogP contribution in [-0.2, 0) is 5.41 Å². The summed E-state index contributed by atoms with van der Waals surface area (Å²) in [6.07, 6.45) is 1.48. The Labute approximate surface area is 84.5 Å². The van der Waals surface area contributed by atoms with E-state index >= 15 is 0 Å². The maximum absolute atomic E-state index is 7.70. The molecular formula is C10H12N2S. The first-order valence-corrected chi connectivity index (χ1v) is 4.94. The lowest BCUT2D eigenvalue weighted by molar-refractivity contribution is 0.575. The fourth-order valence-corrected chi connectivity index (χ4v) is 2.12. The average molecular weight is 194 g/mol. The Bertz CT molecular complexity index is 514. The molecule has 68 valence electrons. The van der Waals surface area contributed by atoms with E-state index in [4.69, 9.17) is 2.74 Å². The van der Waals surface area contributed by atoms with Gasteiger partial charge in [-0.1, -0.05) is 20.8 Å². The van der Waals surface area contributed by atoms with E-state index in [0.717, 1.165) is 10.4 Å². The maximum atomic E-state index is 7.70. The first kappa shape index (κ1) is 6.49. The predicted molar refractivity (Wildman–Crippen MR) is 56.1 cm³/mol. The largest absolute Gasteiger partial charge is 0.239 e. The molecule has 2 aromatic heterocycles. The van der Waals surface area contributed by atoms with Crippen LogP contribution in [0.5, 0.6) is 0 Å². The smallest absolute Gasteiger partial charge is 0.116 e. The molecule has 2 heterocycles. The number of hydrogen-bond donors (Lipinski definition) is 0. The number of thiophene rings is 1. The van der Waals surface area contributed by atoms with Crippen molar-refractivity contribution in [3.05, 3.63) is 23.4 Å². The van der Waals surface area contributed by atoms with Gasteiger partial charge in [-0.3, -0.25) is 0 Å². The van der Waals surface area contributed by atoms with Crippen molar-refractivity contribution in [3.8, 4) is 0 Å². The lowest BCUT2D eigenvalue weighted by Gasteiger charge is -2.17. The third-order valence-corrected chi connectivity index (χ3v) is 2.63. The van der Waals surface area contributed by atoms with Crippen molar-refractivity contribution in [3.63, 3.8) is 0 Å². The van der Waals surface area contributed by atoms with Gasteiger partial charge in [-0.05, 0) is 11.4 Å². The minimum atomic E-state index is -0.0784. The molecule has 0 fully saturated rings. The Morgan fingerprint density at radius 3 is 2.85 bits per heavy atom. The molecule has 0 radical (unpaired) electrons. The molecule has 3 heteroatoms. The summed E-state index contributed by atoms with van der Waals surface area (Å²) in [4.78, 5) is 8.33. The van der Waals surface area contributed by atoms with Gasteiger partial charge in [-0.25, -0.2) is 9.97 Å². The number of rotatable bonds is 0. The predicted octanol–water partition coefficient (Wildman–Crippen LogP) is 2.99. The van der Waals surface area contributed by atoms with E-state index < -0.39 is 0 Å². The molecule has 13 heavy (non-hydrogen) atoms. The second-order valence-corrected chi connectivity index (χ2v) is 4.80. The molecule has 0 saturated heterocycles. The molecule has 2 aromatic rings. The zero-order valence-electron chi connectivity index (χ0n) is 9.88. The van der Waals surface area contributed by atoms with Gasteiger partial charge in [0.1, 0.15) is 6.33 Å².